The molecular formula is C16H21N5O2. The van der Waals surface area contributed by atoms with Crippen LogP contribution < -0.4 is 0 Å². The van der Waals surface area contributed by atoms with Gasteiger partial charge < -0.3 is 9.32 Å². The lowest BCUT2D eigenvalue weighted by Crippen LogP contribution is -2.31. The Bertz CT molecular complexity index is 656. The van der Waals surface area contributed by atoms with Crippen LogP contribution in [0.3, 0.4) is 0 Å². The molecule has 0 saturated carbocycles. The van der Waals surface area contributed by atoms with Gasteiger partial charge >= 0.3 is 0 Å². The van der Waals surface area contributed by atoms with Gasteiger partial charge in [-0.2, -0.15) is 0 Å². The van der Waals surface area contributed by atoms with E-state index in [2.05, 4.69) is 20.2 Å². The van der Waals surface area contributed by atoms with Gasteiger partial charge in [-0.3, -0.25) is 4.79 Å². The molecule has 7 nitrogen and oxygen atoms in total. The third kappa shape index (κ3) is 3.55. The molecule has 0 spiro atoms. The van der Waals surface area contributed by atoms with Crippen molar-refractivity contribution in [3.05, 3.63) is 36.1 Å². The number of aromatic nitrogens is 4. The average Bonchev–Trinajstić information content (AvgIpc) is 3.23. The van der Waals surface area contributed by atoms with Crippen LogP contribution in [-0.2, 0) is 11.2 Å². The van der Waals surface area contributed by atoms with Gasteiger partial charge in [0.15, 0.2) is 0 Å². The Morgan fingerprint density at radius 3 is 3.00 bits per heavy atom. The predicted molar refractivity (Wildman–Crippen MR) is 82.4 cm³/mol. The van der Waals surface area contributed by atoms with Crippen molar-refractivity contribution in [2.75, 3.05) is 6.54 Å². The fourth-order valence-electron chi connectivity index (χ4n) is 2.83. The van der Waals surface area contributed by atoms with Crippen molar-refractivity contribution in [1.29, 1.82) is 0 Å². The highest BCUT2D eigenvalue weighted by molar-refractivity contribution is 5.77. The van der Waals surface area contributed by atoms with E-state index in [0.717, 1.165) is 25.1 Å². The van der Waals surface area contributed by atoms with Gasteiger partial charge in [-0.25, -0.2) is 9.97 Å². The molecule has 1 aliphatic heterocycles. The van der Waals surface area contributed by atoms with Crippen molar-refractivity contribution in [3.8, 4) is 0 Å². The van der Waals surface area contributed by atoms with E-state index in [-0.39, 0.29) is 17.9 Å². The molecule has 0 unspecified atom stereocenters. The van der Waals surface area contributed by atoms with Crippen molar-refractivity contribution in [1.82, 2.24) is 25.1 Å². The molecule has 122 valence electrons. The summed E-state index contributed by atoms with van der Waals surface area (Å²) in [6, 6.07) is 1.93. The third-order valence-electron chi connectivity index (χ3n) is 4.05. The van der Waals surface area contributed by atoms with Crippen molar-refractivity contribution in [3.63, 3.8) is 0 Å². The topological polar surface area (TPSA) is 85.0 Å². The normalized spacial score (nSPS) is 17.9. The number of carbonyl (C=O) groups is 1. The lowest BCUT2D eigenvalue weighted by molar-refractivity contribution is -0.132. The van der Waals surface area contributed by atoms with Crippen LogP contribution in [0.1, 0.15) is 62.5 Å². The largest absolute Gasteiger partial charge is 0.425 e. The molecule has 0 bridgehead atoms. The number of hydrogen-bond donors (Lipinski definition) is 0. The van der Waals surface area contributed by atoms with Gasteiger partial charge in [0.2, 0.25) is 17.7 Å². The van der Waals surface area contributed by atoms with Gasteiger partial charge in [0, 0.05) is 31.5 Å². The minimum absolute atomic E-state index is 0.0550. The summed E-state index contributed by atoms with van der Waals surface area (Å²) in [5.74, 6) is 1.45. The molecule has 0 radical (unpaired) electrons. The monoisotopic (exact) mass is 315 g/mol. The molecule has 1 atom stereocenters. The molecule has 0 aliphatic carbocycles. The first-order valence-corrected chi connectivity index (χ1v) is 8.03. The molecular weight excluding hydrogens is 294 g/mol. The number of rotatable bonds is 5. The third-order valence-corrected chi connectivity index (χ3v) is 4.05. The van der Waals surface area contributed by atoms with Crippen molar-refractivity contribution in [2.45, 2.75) is 51.5 Å². The number of carbonyl (C=O) groups excluding carboxylic acids is 1. The minimum Gasteiger partial charge on any atom is -0.425 e. The summed E-state index contributed by atoms with van der Waals surface area (Å²) < 4.78 is 5.56. The van der Waals surface area contributed by atoms with E-state index < -0.39 is 0 Å². The highest BCUT2D eigenvalue weighted by atomic mass is 16.4. The Kier molecular flexibility index (Phi) is 4.64. The fraction of sp³-hybridized carbons (Fsp3) is 0.562. The highest BCUT2D eigenvalue weighted by Crippen LogP contribution is 2.31. The second-order valence-corrected chi connectivity index (χ2v) is 6.07. The van der Waals surface area contributed by atoms with E-state index in [1.807, 2.05) is 24.8 Å². The molecule has 0 N–H and O–H groups in total. The molecule has 0 aromatic carbocycles. The predicted octanol–water partition coefficient (Wildman–Crippen LogP) is 2.28. The van der Waals surface area contributed by atoms with E-state index in [9.17, 15) is 4.79 Å². The maximum Gasteiger partial charge on any atom is 0.223 e. The first-order valence-electron chi connectivity index (χ1n) is 8.03. The molecule has 23 heavy (non-hydrogen) atoms. The van der Waals surface area contributed by atoms with E-state index in [1.54, 1.807) is 6.20 Å². The summed E-state index contributed by atoms with van der Waals surface area (Å²) in [5.41, 5.74) is 0.908. The molecule has 3 heterocycles. The number of amides is 1. The van der Waals surface area contributed by atoms with Gasteiger partial charge in [0.1, 0.15) is 6.33 Å². The van der Waals surface area contributed by atoms with Gasteiger partial charge in [0.05, 0.1) is 11.7 Å². The molecule has 1 aliphatic rings. The van der Waals surface area contributed by atoms with Gasteiger partial charge in [-0.15, -0.1) is 10.2 Å². The van der Waals surface area contributed by atoms with E-state index >= 15 is 0 Å². The first-order chi connectivity index (χ1) is 11.1. The average molecular weight is 315 g/mol. The van der Waals surface area contributed by atoms with Gasteiger partial charge in [-0.05, 0) is 18.9 Å². The molecule has 1 amide bonds. The zero-order chi connectivity index (χ0) is 16.2. The van der Waals surface area contributed by atoms with Crippen molar-refractivity contribution in [2.24, 2.45) is 0 Å². The van der Waals surface area contributed by atoms with Crippen LogP contribution in [0.15, 0.2) is 23.0 Å². The maximum atomic E-state index is 12.5. The Morgan fingerprint density at radius 2 is 2.30 bits per heavy atom. The first kappa shape index (κ1) is 15.6. The van der Waals surface area contributed by atoms with Crippen molar-refractivity contribution < 1.29 is 9.21 Å². The Morgan fingerprint density at radius 1 is 1.43 bits per heavy atom. The summed E-state index contributed by atoms with van der Waals surface area (Å²) >= 11 is 0. The molecule has 1 saturated heterocycles. The molecule has 7 heteroatoms. The Hall–Kier alpha value is -2.31. The molecule has 1 fully saturated rings. The standard InChI is InChI=1S/C16H21N5O2/c1-11(2)16-20-19-14(23-16)5-6-15(22)21-9-3-4-13(21)12-7-8-17-10-18-12/h7-8,10-11,13H,3-6,9H2,1-2H3/t13-/m1/s1. The van der Waals surface area contributed by atoms with Gasteiger partial charge in [0.25, 0.3) is 0 Å². The summed E-state index contributed by atoms with van der Waals surface area (Å²) in [6.07, 6.45) is 6.05. The smallest absolute Gasteiger partial charge is 0.223 e. The Labute approximate surface area is 135 Å². The van der Waals surface area contributed by atoms with Crippen LogP contribution in [-0.4, -0.2) is 37.5 Å². The highest BCUT2D eigenvalue weighted by Gasteiger charge is 2.30. The second-order valence-electron chi connectivity index (χ2n) is 6.07. The molecule has 2 aromatic rings. The second kappa shape index (κ2) is 6.85. The molecule has 3 rings (SSSR count). The van der Waals surface area contributed by atoms with Crippen LogP contribution >= 0.6 is 0 Å². The summed E-state index contributed by atoms with van der Waals surface area (Å²) in [6.45, 7) is 4.77. The van der Waals surface area contributed by atoms with Gasteiger partial charge in [-0.1, -0.05) is 13.8 Å². The number of aryl methyl sites for hydroxylation is 1. The van der Waals surface area contributed by atoms with Crippen molar-refractivity contribution >= 4 is 5.91 Å². The summed E-state index contributed by atoms with van der Waals surface area (Å²) in [4.78, 5) is 22.7. The summed E-state index contributed by atoms with van der Waals surface area (Å²) in [5, 5.41) is 8.00. The van der Waals surface area contributed by atoms with E-state index in [4.69, 9.17) is 4.42 Å². The number of likely N-dealkylation sites (tertiary alicyclic amines) is 1. The Balaban J connectivity index is 1.61. The van der Waals surface area contributed by atoms with Crippen LogP contribution in [0, 0.1) is 0 Å². The lowest BCUT2D eigenvalue weighted by atomic mass is 10.1. The van der Waals surface area contributed by atoms with E-state index in [1.165, 1.54) is 6.33 Å². The summed E-state index contributed by atoms with van der Waals surface area (Å²) in [7, 11) is 0. The zero-order valence-corrected chi connectivity index (χ0v) is 13.5. The number of hydrogen-bond acceptors (Lipinski definition) is 6. The fourth-order valence-corrected chi connectivity index (χ4v) is 2.83. The van der Waals surface area contributed by atoms with Crippen LogP contribution in [0.2, 0.25) is 0 Å². The quantitative estimate of drug-likeness (QED) is 0.841. The van der Waals surface area contributed by atoms with E-state index in [0.29, 0.717) is 24.6 Å². The minimum atomic E-state index is 0.0550. The van der Waals surface area contributed by atoms with Crippen LogP contribution in [0.5, 0.6) is 0 Å². The zero-order valence-electron chi connectivity index (χ0n) is 13.5. The number of nitrogens with zero attached hydrogens (tertiary/aromatic N) is 5. The van der Waals surface area contributed by atoms with Crippen LogP contribution in [0.25, 0.3) is 0 Å². The lowest BCUT2D eigenvalue weighted by Gasteiger charge is -2.24. The SMILES string of the molecule is CC(C)c1nnc(CCC(=O)N2CCC[C@@H]2c2ccncn2)o1. The van der Waals surface area contributed by atoms with Crippen LogP contribution in [0.4, 0.5) is 0 Å². The molecule has 2 aromatic heterocycles. The maximum absolute atomic E-state index is 12.5.